The van der Waals surface area contributed by atoms with Gasteiger partial charge in [0.1, 0.15) is 0 Å². The monoisotopic (exact) mass is 436 g/mol. The smallest absolute Gasteiger partial charge is 0.304 e. The van der Waals surface area contributed by atoms with Gasteiger partial charge in [0.15, 0.2) is 0 Å². The number of hydrogen-bond donors (Lipinski definition) is 1. The zero-order chi connectivity index (χ0) is 21.9. The molecule has 0 bridgehead atoms. The Hall–Kier alpha value is -2.54. The van der Waals surface area contributed by atoms with Crippen molar-refractivity contribution in [1.82, 2.24) is 9.88 Å². The highest BCUT2D eigenvalue weighted by Crippen LogP contribution is 2.47. The van der Waals surface area contributed by atoms with Crippen molar-refractivity contribution in [3.63, 3.8) is 0 Å². The SMILES string of the molecule is C[C@]1(CC(=O)O)CC[C@@H](c2ccc(Cl)cc2)N([C@@H](CC(F)F)c2ccccn2)C1=O. The van der Waals surface area contributed by atoms with Crippen LogP contribution in [0.25, 0.3) is 0 Å². The second kappa shape index (κ2) is 9.08. The Labute approximate surface area is 178 Å². The number of carboxylic acid groups (broad SMARTS) is 1. The number of amides is 1. The number of hydrogen-bond acceptors (Lipinski definition) is 3. The molecular weight excluding hydrogens is 414 g/mol. The van der Waals surface area contributed by atoms with Crippen LogP contribution >= 0.6 is 11.6 Å². The summed E-state index contributed by atoms with van der Waals surface area (Å²) in [7, 11) is 0. The van der Waals surface area contributed by atoms with Crippen molar-refractivity contribution in [2.75, 3.05) is 0 Å². The highest BCUT2D eigenvalue weighted by molar-refractivity contribution is 6.30. The van der Waals surface area contributed by atoms with Gasteiger partial charge in [-0.3, -0.25) is 14.6 Å². The van der Waals surface area contributed by atoms with Crippen LogP contribution in [0.1, 0.15) is 55.9 Å². The van der Waals surface area contributed by atoms with Gasteiger partial charge in [-0.05, 0) is 42.7 Å². The number of pyridine rings is 1. The summed E-state index contributed by atoms with van der Waals surface area (Å²) < 4.78 is 27.1. The quantitative estimate of drug-likeness (QED) is 0.641. The molecule has 1 N–H and O–H groups in total. The molecule has 3 atom stereocenters. The number of likely N-dealkylation sites (tertiary alicyclic amines) is 1. The first-order chi connectivity index (χ1) is 14.2. The van der Waals surface area contributed by atoms with Gasteiger partial charge in [-0.25, -0.2) is 8.78 Å². The number of piperidine rings is 1. The van der Waals surface area contributed by atoms with Gasteiger partial charge in [-0.2, -0.15) is 0 Å². The van der Waals surface area contributed by atoms with Gasteiger partial charge in [0.25, 0.3) is 0 Å². The fourth-order valence-electron chi connectivity index (χ4n) is 4.14. The number of halogens is 3. The van der Waals surface area contributed by atoms with E-state index in [1.54, 1.807) is 49.4 Å². The third kappa shape index (κ3) is 4.78. The van der Waals surface area contributed by atoms with Crippen molar-refractivity contribution in [1.29, 1.82) is 0 Å². The lowest BCUT2D eigenvalue weighted by atomic mass is 9.74. The normalized spacial score (nSPS) is 22.9. The van der Waals surface area contributed by atoms with Crippen LogP contribution in [0, 0.1) is 5.41 Å². The number of rotatable bonds is 7. The van der Waals surface area contributed by atoms with Crippen LogP contribution in [-0.4, -0.2) is 33.3 Å². The standard InChI is InChI=1S/C22H23ClF2N2O3/c1-22(13-20(28)29)10-9-17(14-5-7-15(23)8-6-14)27(21(22)30)18(12-19(24)25)16-4-2-3-11-26-16/h2-8,11,17-19H,9-10,12-13H2,1H3,(H,28,29)/t17-,18-,22+/m0/s1. The van der Waals surface area contributed by atoms with Gasteiger partial charge in [0, 0.05) is 17.6 Å². The fraction of sp³-hybridized carbons (Fsp3) is 0.409. The number of benzene rings is 1. The minimum Gasteiger partial charge on any atom is -0.481 e. The van der Waals surface area contributed by atoms with Crippen LogP contribution in [0.15, 0.2) is 48.7 Å². The number of carbonyl (C=O) groups is 2. The van der Waals surface area contributed by atoms with E-state index in [1.165, 1.54) is 11.1 Å². The van der Waals surface area contributed by atoms with Gasteiger partial charge >= 0.3 is 5.97 Å². The van der Waals surface area contributed by atoms with Crippen LogP contribution in [0.5, 0.6) is 0 Å². The molecule has 1 aromatic heterocycles. The Morgan fingerprint density at radius 3 is 2.57 bits per heavy atom. The minimum absolute atomic E-state index is 0.339. The zero-order valence-electron chi connectivity index (χ0n) is 16.5. The predicted octanol–water partition coefficient (Wildman–Crippen LogP) is 5.28. The molecule has 1 aliphatic rings. The van der Waals surface area contributed by atoms with Crippen molar-refractivity contribution in [3.8, 4) is 0 Å². The summed E-state index contributed by atoms with van der Waals surface area (Å²) in [6.45, 7) is 1.59. The molecule has 1 amide bonds. The summed E-state index contributed by atoms with van der Waals surface area (Å²) in [5, 5.41) is 9.86. The molecule has 0 radical (unpaired) electrons. The summed E-state index contributed by atoms with van der Waals surface area (Å²) in [6.07, 6.45) is -1.33. The highest BCUT2D eigenvalue weighted by atomic mass is 35.5. The average Bonchev–Trinajstić information content (AvgIpc) is 2.69. The topological polar surface area (TPSA) is 70.5 Å². The Kier molecular flexibility index (Phi) is 6.71. The number of nitrogens with zero attached hydrogens (tertiary/aromatic N) is 2. The third-order valence-electron chi connectivity index (χ3n) is 5.62. The summed E-state index contributed by atoms with van der Waals surface area (Å²) in [4.78, 5) is 30.7. The molecule has 5 nitrogen and oxygen atoms in total. The predicted molar refractivity (Wildman–Crippen MR) is 108 cm³/mol. The molecule has 0 aliphatic carbocycles. The van der Waals surface area contributed by atoms with E-state index in [1.807, 2.05) is 0 Å². The second-order valence-electron chi connectivity index (χ2n) is 7.85. The molecule has 0 spiro atoms. The molecule has 1 fully saturated rings. The zero-order valence-corrected chi connectivity index (χ0v) is 17.2. The molecule has 8 heteroatoms. The summed E-state index contributed by atoms with van der Waals surface area (Å²) in [5.74, 6) is -1.55. The van der Waals surface area contributed by atoms with E-state index >= 15 is 0 Å². The largest absolute Gasteiger partial charge is 0.481 e. The van der Waals surface area contributed by atoms with E-state index in [2.05, 4.69) is 4.98 Å². The van der Waals surface area contributed by atoms with Crippen LogP contribution in [0.3, 0.4) is 0 Å². The molecule has 2 heterocycles. The summed E-state index contributed by atoms with van der Waals surface area (Å²) in [5.41, 5.74) is -0.0609. The van der Waals surface area contributed by atoms with Crippen molar-refractivity contribution in [3.05, 3.63) is 64.9 Å². The maximum Gasteiger partial charge on any atom is 0.304 e. The Bertz CT molecular complexity index is 895. The van der Waals surface area contributed by atoms with E-state index in [0.29, 0.717) is 23.6 Å². The Morgan fingerprint density at radius 2 is 2.00 bits per heavy atom. The van der Waals surface area contributed by atoms with Crippen molar-refractivity contribution < 1.29 is 23.5 Å². The number of aliphatic carboxylic acids is 1. The summed E-state index contributed by atoms with van der Waals surface area (Å²) >= 11 is 5.99. The lowest BCUT2D eigenvalue weighted by molar-refractivity contribution is -0.160. The lowest BCUT2D eigenvalue weighted by Gasteiger charge is -2.47. The first-order valence-corrected chi connectivity index (χ1v) is 10.1. The van der Waals surface area contributed by atoms with E-state index in [4.69, 9.17) is 11.6 Å². The van der Waals surface area contributed by atoms with Gasteiger partial charge in [-0.1, -0.05) is 36.7 Å². The molecule has 1 saturated heterocycles. The van der Waals surface area contributed by atoms with Gasteiger partial charge < -0.3 is 10.0 Å². The van der Waals surface area contributed by atoms with Crippen LogP contribution in [0.4, 0.5) is 8.78 Å². The third-order valence-corrected chi connectivity index (χ3v) is 5.87. The molecule has 1 aromatic carbocycles. The van der Waals surface area contributed by atoms with Crippen LogP contribution in [0.2, 0.25) is 5.02 Å². The lowest BCUT2D eigenvalue weighted by Crippen LogP contribution is -2.51. The van der Waals surface area contributed by atoms with E-state index in [-0.39, 0.29) is 6.42 Å². The molecular formula is C22H23ClF2N2O3. The number of aromatic nitrogens is 1. The second-order valence-corrected chi connectivity index (χ2v) is 8.28. The highest BCUT2D eigenvalue weighted by Gasteiger charge is 2.48. The fourth-order valence-corrected chi connectivity index (χ4v) is 4.27. The number of carbonyl (C=O) groups excluding carboxylic acids is 1. The van der Waals surface area contributed by atoms with Crippen LogP contribution in [-0.2, 0) is 9.59 Å². The molecule has 160 valence electrons. The van der Waals surface area contributed by atoms with E-state index in [0.717, 1.165) is 5.56 Å². The molecule has 0 saturated carbocycles. The first kappa shape index (κ1) is 22.2. The Balaban J connectivity index is 2.09. The number of alkyl halides is 2. The molecule has 1 aliphatic heterocycles. The minimum atomic E-state index is -2.66. The van der Waals surface area contributed by atoms with Crippen molar-refractivity contribution in [2.24, 2.45) is 5.41 Å². The van der Waals surface area contributed by atoms with E-state index in [9.17, 15) is 23.5 Å². The van der Waals surface area contributed by atoms with Crippen molar-refractivity contribution >= 4 is 23.5 Å². The van der Waals surface area contributed by atoms with Gasteiger partial charge in [-0.15, -0.1) is 0 Å². The summed E-state index contributed by atoms with van der Waals surface area (Å²) in [6, 6.07) is 10.4. The first-order valence-electron chi connectivity index (χ1n) is 9.70. The molecule has 2 aromatic rings. The van der Waals surface area contributed by atoms with Gasteiger partial charge in [0.2, 0.25) is 12.3 Å². The molecule has 30 heavy (non-hydrogen) atoms. The van der Waals surface area contributed by atoms with Crippen LogP contribution < -0.4 is 0 Å². The van der Waals surface area contributed by atoms with Gasteiger partial charge in [0.05, 0.1) is 29.6 Å². The molecule has 0 unspecified atom stereocenters. The van der Waals surface area contributed by atoms with E-state index < -0.39 is 42.2 Å². The average molecular weight is 437 g/mol. The molecule has 3 rings (SSSR count). The number of carboxylic acids is 1. The van der Waals surface area contributed by atoms with Crippen molar-refractivity contribution in [2.45, 2.75) is 51.1 Å². The maximum atomic E-state index is 13.6. The Morgan fingerprint density at radius 1 is 1.30 bits per heavy atom. The maximum absolute atomic E-state index is 13.6.